The first-order valence-electron chi connectivity index (χ1n) is 6.65. The Kier molecular flexibility index (Phi) is 5.84. The van der Waals surface area contributed by atoms with Gasteiger partial charge in [-0.25, -0.2) is 0 Å². The second kappa shape index (κ2) is 7.15. The van der Waals surface area contributed by atoms with Crippen LogP contribution in [0.4, 0.5) is 0 Å². The molecule has 0 amide bonds. The average molecular weight is 259 g/mol. The Balaban J connectivity index is 2.48. The van der Waals surface area contributed by atoms with Crippen molar-refractivity contribution in [1.82, 2.24) is 5.32 Å². The summed E-state index contributed by atoms with van der Waals surface area (Å²) in [5.41, 5.74) is 2.31. The molecular formula is C17H25NO. The van der Waals surface area contributed by atoms with Crippen LogP contribution in [0.5, 0.6) is 5.75 Å². The number of benzene rings is 1. The minimum atomic E-state index is 0.101. The topological polar surface area (TPSA) is 21.3 Å². The lowest BCUT2D eigenvalue weighted by Crippen LogP contribution is -2.37. The van der Waals surface area contributed by atoms with Crippen LogP contribution in [-0.4, -0.2) is 18.7 Å². The molecule has 0 spiro atoms. The van der Waals surface area contributed by atoms with Crippen LogP contribution in [0, 0.1) is 0 Å². The monoisotopic (exact) mass is 259 g/mol. The van der Waals surface area contributed by atoms with Gasteiger partial charge in [-0.15, -0.1) is 6.58 Å². The van der Waals surface area contributed by atoms with Crippen molar-refractivity contribution < 1.29 is 4.74 Å². The quantitative estimate of drug-likeness (QED) is 0.753. The largest absolute Gasteiger partial charge is 0.489 e. The van der Waals surface area contributed by atoms with Gasteiger partial charge in [0.05, 0.1) is 0 Å². The van der Waals surface area contributed by atoms with E-state index >= 15 is 0 Å². The van der Waals surface area contributed by atoms with Gasteiger partial charge in [-0.3, -0.25) is 0 Å². The van der Waals surface area contributed by atoms with E-state index in [1.54, 1.807) is 0 Å². The molecule has 0 aliphatic rings. The molecular weight excluding hydrogens is 234 g/mol. The van der Waals surface area contributed by atoms with Crippen LogP contribution in [0.15, 0.2) is 49.1 Å². The van der Waals surface area contributed by atoms with Gasteiger partial charge in [0.2, 0.25) is 0 Å². The van der Waals surface area contributed by atoms with Gasteiger partial charge in [0.15, 0.2) is 0 Å². The fourth-order valence-electron chi connectivity index (χ4n) is 1.59. The molecule has 0 aromatic heterocycles. The first-order valence-corrected chi connectivity index (χ1v) is 6.65. The van der Waals surface area contributed by atoms with Gasteiger partial charge in [0, 0.05) is 12.1 Å². The van der Waals surface area contributed by atoms with Crippen LogP contribution < -0.4 is 10.1 Å². The fourth-order valence-corrected chi connectivity index (χ4v) is 1.59. The summed E-state index contributed by atoms with van der Waals surface area (Å²) in [6.07, 6.45) is 2.71. The predicted octanol–water partition coefficient (Wildman–Crippen LogP) is 3.74. The lowest BCUT2D eigenvalue weighted by atomic mass is 10.1. The van der Waals surface area contributed by atoms with E-state index < -0.39 is 0 Å². The van der Waals surface area contributed by atoms with E-state index in [9.17, 15) is 0 Å². The maximum Gasteiger partial charge on any atom is 0.123 e. The fraction of sp³-hybridized carbons (Fsp3) is 0.412. The highest BCUT2D eigenvalue weighted by atomic mass is 16.5. The molecule has 0 unspecified atom stereocenters. The molecule has 0 fully saturated rings. The SMILES string of the molecule is C=CCc1ccccc1OCC(=C)CNC(C)(C)C. The maximum absolute atomic E-state index is 5.83. The zero-order chi connectivity index (χ0) is 14.3. The van der Waals surface area contributed by atoms with Gasteiger partial charge in [-0.05, 0) is 44.4 Å². The number of para-hydroxylation sites is 1. The van der Waals surface area contributed by atoms with Crippen molar-refractivity contribution in [2.24, 2.45) is 0 Å². The van der Waals surface area contributed by atoms with E-state index in [1.165, 1.54) is 0 Å². The Morgan fingerprint density at radius 2 is 2.00 bits per heavy atom. The lowest BCUT2D eigenvalue weighted by Gasteiger charge is -2.21. The van der Waals surface area contributed by atoms with Crippen molar-refractivity contribution in [1.29, 1.82) is 0 Å². The van der Waals surface area contributed by atoms with Crippen molar-refractivity contribution in [3.05, 3.63) is 54.6 Å². The number of nitrogens with one attached hydrogen (secondary N) is 1. The third kappa shape index (κ3) is 6.25. The molecule has 2 nitrogen and oxygen atoms in total. The van der Waals surface area contributed by atoms with E-state index in [0.29, 0.717) is 6.61 Å². The highest BCUT2D eigenvalue weighted by Crippen LogP contribution is 2.19. The van der Waals surface area contributed by atoms with Crippen molar-refractivity contribution in [3.8, 4) is 5.75 Å². The second-order valence-corrected chi connectivity index (χ2v) is 5.74. The van der Waals surface area contributed by atoms with E-state index in [0.717, 1.165) is 29.9 Å². The van der Waals surface area contributed by atoms with Crippen LogP contribution in [0.25, 0.3) is 0 Å². The molecule has 1 rings (SSSR count). The summed E-state index contributed by atoms with van der Waals surface area (Å²) >= 11 is 0. The maximum atomic E-state index is 5.83. The molecule has 1 aromatic rings. The highest BCUT2D eigenvalue weighted by Gasteiger charge is 2.09. The molecule has 0 saturated carbocycles. The van der Waals surface area contributed by atoms with Gasteiger partial charge in [0.1, 0.15) is 12.4 Å². The highest BCUT2D eigenvalue weighted by molar-refractivity contribution is 5.34. The van der Waals surface area contributed by atoms with Gasteiger partial charge in [-0.2, -0.15) is 0 Å². The second-order valence-electron chi connectivity index (χ2n) is 5.74. The zero-order valence-electron chi connectivity index (χ0n) is 12.3. The molecule has 1 N–H and O–H groups in total. The first-order chi connectivity index (χ1) is 8.92. The van der Waals surface area contributed by atoms with Crippen molar-refractivity contribution >= 4 is 0 Å². The number of hydrogen-bond acceptors (Lipinski definition) is 2. The summed E-state index contributed by atoms with van der Waals surface area (Å²) in [5.74, 6) is 0.916. The molecule has 0 saturated heterocycles. The van der Waals surface area contributed by atoms with E-state index in [-0.39, 0.29) is 5.54 Å². The van der Waals surface area contributed by atoms with Gasteiger partial charge in [-0.1, -0.05) is 30.9 Å². The molecule has 0 aliphatic heterocycles. The Labute approximate surface area is 117 Å². The number of hydrogen-bond donors (Lipinski definition) is 1. The molecule has 1 aromatic carbocycles. The molecule has 104 valence electrons. The normalized spacial score (nSPS) is 11.1. The minimum Gasteiger partial charge on any atom is -0.489 e. The van der Waals surface area contributed by atoms with Crippen molar-refractivity contribution in [2.45, 2.75) is 32.7 Å². The van der Waals surface area contributed by atoms with Crippen molar-refractivity contribution in [2.75, 3.05) is 13.2 Å². The summed E-state index contributed by atoms with van der Waals surface area (Å²) in [7, 11) is 0. The molecule has 2 heteroatoms. The Morgan fingerprint density at radius 1 is 1.32 bits per heavy atom. The molecule has 0 atom stereocenters. The molecule has 19 heavy (non-hydrogen) atoms. The standard InChI is InChI=1S/C17H25NO/c1-6-9-15-10-7-8-11-16(15)19-13-14(2)12-18-17(3,4)5/h6-8,10-11,18H,1-2,9,12-13H2,3-5H3. The van der Waals surface area contributed by atoms with Crippen LogP contribution in [0.1, 0.15) is 26.3 Å². The van der Waals surface area contributed by atoms with Crippen LogP contribution in [0.2, 0.25) is 0 Å². The first kappa shape index (κ1) is 15.5. The summed E-state index contributed by atoms with van der Waals surface area (Å²) in [5, 5.41) is 3.40. The Bertz CT molecular complexity index is 429. The van der Waals surface area contributed by atoms with E-state index in [2.05, 4.69) is 45.3 Å². The Morgan fingerprint density at radius 3 is 2.63 bits per heavy atom. The third-order valence-electron chi connectivity index (χ3n) is 2.64. The van der Waals surface area contributed by atoms with Crippen LogP contribution in [-0.2, 0) is 6.42 Å². The molecule has 0 bridgehead atoms. The average Bonchev–Trinajstić information content (AvgIpc) is 2.35. The van der Waals surface area contributed by atoms with Crippen molar-refractivity contribution in [3.63, 3.8) is 0 Å². The summed E-state index contributed by atoms with van der Waals surface area (Å²) < 4.78 is 5.83. The smallest absolute Gasteiger partial charge is 0.123 e. The number of ether oxygens (including phenoxy) is 1. The molecule has 0 aliphatic carbocycles. The summed E-state index contributed by atoms with van der Waals surface area (Å²) in [4.78, 5) is 0. The zero-order valence-corrected chi connectivity index (χ0v) is 12.3. The van der Waals surface area contributed by atoms with Gasteiger partial charge < -0.3 is 10.1 Å². The molecule has 0 radical (unpaired) electrons. The summed E-state index contributed by atoms with van der Waals surface area (Å²) in [6.45, 7) is 15.5. The van der Waals surface area contributed by atoms with Crippen LogP contribution >= 0.6 is 0 Å². The third-order valence-corrected chi connectivity index (χ3v) is 2.64. The molecule has 0 heterocycles. The van der Waals surface area contributed by atoms with E-state index in [1.807, 2.05) is 24.3 Å². The predicted molar refractivity (Wildman–Crippen MR) is 82.7 cm³/mol. The lowest BCUT2D eigenvalue weighted by molar-refractivity contribution is 0.339. The minimum absolute atomic E-state index is 0.101. The van der Waals surface area contributed by atoms with E-state index in [4.69, 9.17) is 4.74 Å². The number of allylic oxidation sites excluding steroid dienone is 1. The number of rotatable bonds is 7. The van der Waals surface area contributed by atoms with Gasteiger partial charge >= 0.3 is 0 Å². The van der Waals surface area contributed by atoms with Crippen LogP contribution in [0.3, 0.4) is 0 Å². The summed E-state index contributed by atoms with van der Waals surface area (Å²) in [6, 6.07) is 8.05. The van der Waals surface area contributed by atoms with Gasteiger partial charge in [0.25, 0.3) is 0 Å². The Hall–Kier alpha value is -1.54.